The molecule has 0 spiro atoms. The molecule has 5 nitrogen and oxygen atoms in total. The highest BCUT2D eigenvalue weighted by molar-refractivity contribution is 5.79. The monoisotopic (exact) mass is 270 g/mol. The minimum Gasteiger partial charge on any atom is -0.444 e. The van der Waals surface area contributed by atoms with Crippen LogP contribution in [0.2, 0.25) is 0 Å². The molecule has 0 unspecified atom stereocenters. The van der Waals surface area contributed by atoms with Crippen molar-refractivity contribution >= 4 is 16.7 Å². The summed E-state index contributed by atoms with van der Waals surface area (Å²) in [6, 6.07) is 5.81. The van der Waals surface area contributed by atoms with Crippen LogP contribution in [-0.4, -0.2) is 14.5 Å². The van der Waals surface area contributed by atoms with Crippen LogP contribution in [-0.2, 0) is 13.0 Å². The fraction of sp³-hybridized carbons (Fsp3) is 0.333. The quantitative estimate of drug-likeness (QED) is 0.740. The topological polar surface area (TPSA) is 69.9 Å². The van der Waals surface area contributed by atoms with E-state index in [1.54, 1.807) is 6.20 Å². The minimum atomic E-state index is 0.601. The Hall–Kier alpha value is -2.30. The van der Waals surface area contributed by atoms with E-state index in [2.05, 4.69) is 21.5 Å². The fourth-order valence-electron chi connectivity index (χ4n) is 2.40. The minimum absolute atomic E-state index is 0.601. The van der Waals surface area contributed by atoms with Gasteiger partial charge in [-0.25, -0.2) is 9.97 Å². The molecule has 104 valence electrons. The van der Waals surface area contributed by atoms with E-state index < -0.39 is 0 Å². The summed E-state index contributed by atoms with van der Waals surface area (Å²) in [5.41, 5.74) is 8.56. The molecular weight excluding hydrogens is 252 g/mol. The number of nitrogens with two attached hydrogens (primary N) is 1. The van der Waals surface area contributed by atoms with Crippen LogP contribution in [0, 0.1) is 6.92 Å². The van der Waals surface area contributed by atoms with Crippen LogP contribution < -0.4 is 5.73 Å². The van der Waals surface area contributed by atoms with Gasteiger partial charge in [-0.1, -0.05) is 6.92 Å². The summed E-state index contributed by atoms with van der Waals surface area (Å²) in [5, 5.41) is 0. The summed E-state index contributed by atoms with van der Waals surface area (Å²) in [6.07, 6.45) is 3.71. The van der Waals surface area contributed by atoms with Crippen molar-refractivity contribution in [2.75, 3.05) is 5.73 Å². The van der Waals surface area contributed by atoms with Gasteiger partial charge in [-0.2, -0.15) is 0 Å². The molecule has 0 aliphatic rings. The third-order valence-electron chi connectivity index (χ3n) is 3.29. The van der Waals surface area contributed by atoms with Crippen LogP contribution in [0.5, 0.6) is 0 Å². The molecule has 2 aromatic heterocycles. The highest BCUT2D eigenvalue weighted by Gasteiger charge is 2.12. The molecule has 2 heterocycles. The number of anilines is 1. The van der Waals surface area contributed by atoms with Gasteiger partial charge in [-0.05, 0) is 31.5 Å². The molecule has 3 aromatic rings. The number of aromatic nitrogens is 3. The zero-order chi connectivity index (χ0) is 14.1. The van der Waals surface area contributed by atoms with Crippen molar-refractivity contribution in [1.29, 1.82) is 0 Å². The first-order valence-electron chi connectivity index (χ1n) is 6.83. The van der Waals surface area contributed by atoms with Gasteiger partial charge in [0.1, 0.15) is 18.1 Å². The lowest BCUT2D eigenvalue weighted by molar-refractivity contribution is 0.456. The number of nitrogen functional groups attached to an aromatic ring is 1. The second-order valence-corrected chi connectivity index (χ2v) is 4.98. The van der Waals surface area contributed by atoms with E-state index in [0.29, 0.717) is 12.4 Å². The lowest BCUT2D eigenvalue weighted by atomic mass is 10.3. The Kier molecular flexibility index (Phi) is 3.18. The van der Waals surface area contributed by atoms with Crippen molar-refractivity contribution in [1.82, 2.24) is 14.5 Å². The lowest BCUT2D eigenvalue weighted by Gasteiger charge is -2.06. The summed E-state index contributed by atoms with van der Waals surface area (Å²) in [5.74, 6) is 2.57. The zero-order valence-corrected chi connectivity index (χ0v) is 11.8. The van der Waals surface area contributed by atoms with E-state index in [1.165, 1.54) is 0 Å². The Morgan fingerprint density at radius 3 is 2.90 bits per heavy atom. The highest BCUT2D eigenvalue weighted by atomic mass is 16.4. The van der Waals surface area contributed by atoms with Crippen LogP contribution in [0.15, 0.2) is 28.8 Å². The van der Waals surface area contributed by atoms with E-state index in [-0.39, 0.29) is 0 Å². The fourth-order valence-corrected chi connectivity index (χ4v) is 2.40. The molecular formula is C15H18N4O. The molecule has 0 aliphatic heterocycles. The first-order chi connectivity index (χ1) is 9.67. The summed E-state index contributed by atoms with van der Waals surface area (Å²) < 4.78 is 7.73. The molecule has 2 N–H and O–H groups in total. The van der Waals surface area contributed by atoms with Crippen LogP contribution >= 0.6 is 0 Å². The van der Waals surface area contributed by atoms with Gasteiger partial charge >= 0.3 is 0 Å². The molecule has 0 fully saturated rings. The van der Waals surface area contributed by atoms with Crippen LogP contribution in [0.1, 0.15) is 30.8 Å². The summed E-state index contributed by atoms with van der Waals surface area (Å²) in [7, 11) is 0. The van der Waals surface area contributed by atoms with Gasteiger partial charge in [0.05, 0.1) is 17.2 Å². The standard InChI is InChI=1S/C15H18N4O/c1-3-4-14-18-12-7-11(16)5-6-13(12)19(14)9-15-17-8-10(2)20-15/h5-8H,3-4,9,16H2,1-2H3. The smallest absolute Gasteiger partial charge is 0.214 e. The van der Waals surface area contributed by atoms with E-state index in [9.17, 15) is 0 Å². The Bertz CT molecular complexity index is 741. The Balaban J connectivity index is 2.08. The summed E-state index contributed by atoms with van der Waals surface area (Å²) in [4.78, 5) is 8.96. The van der Waals surface area contributed by atoms with Crippen molar-refractivity contribution in [2.45, 2.75) is 33.2 Å². The second kappa shape index (κ2) is 5.00. The van der Waals surface area contributed by atoms with Crippen molar-refractivity contribution in [2.24, 2.45) is 0 Å². The van der Waals surface area contributed by atoms with Gasteiger partial charge in [-0.3, -0.25) is 0 Å². The number of hydrogen-bond donors (Lipinski definition) is 1. The van der Waals surface area contributed by atoms with E-state index in [1.807, 2.05) is 25.1 Å². The first-order valence-corrected chi connectivity index (χ1v) is 6.83. The molecule has 20 heavy (non-hydrogen) atoms. The molecule has 0 saturated carbocycles. The number of fused-ring (bicyclic) bond motifs is 1. The predicted octanol–water partition coefficient (Wildman–Crippen LogP) is 2.92. The molecule has 0 bridgehead atoms. The lowest BCUT2D eigenvalue weighted by Crippen LogP contribution is -2.05. The van der Waals surface area contributed by atoms with Crippen molar-refractivity contribution in [3.05, 3.63) is 41.9 Å². The highest BCUT2D eigenvalue weighted by Crippen LogP contribution is 2.21. The molecule has 0 atom stereocenters. The second-order valence-electron chi connectivity index (χ2n) is 4.98. The van der Waals surface area contributed by atoms with Gasteiger partial charge in [0.25, 0.3) is 0 Å². The van der Waals surface area contributed by atoms with Gasteiger partial charge in [0, 0.05) is 12.1 Å². The van der Waals surface area contributed by atoms with Crippen LogP contribution in [0.4, 0.5) is 5.69 Å². The molecule has 0 saturated heterocycles. The Morgan fingerprint density at radius 1 is 1.35 bits per heavy atom. The number of rotatable bonds is 4. The van der Waals surface area contributed by atoms with Gasteiger partial charge in [0.2, 0.25) is 5.89 Å². The molecule has 0 aliphatic carbocycles. The third kappa shape index (κ3) is 2.27. The molecule has 5 heteroatoms. The molecule has 1 aromatic carbocycles. The molecule has 0 amide bonds. The average Bonchev–Trinajstić information content (AvgIpc) is 2.95. The maximum atomic E-state index is 5.83. The maximum absolute atomic E-state index is 5.83. The van der Waals surface area contributed by atoms with E-state index in [0.717, 1.165) is 41.1 Å². The Morgan fingerprint density at radius 2 is 2.20 bits per heavy atom. The van der Waals surface area contributed by atoms with Crippen LogP contribution in [0.3, 0.4) is 0 Å². The number of benzene rings is 1. The van der Waals surface area contributed by atoms with E-state index in [4.69, 9.17) is 10.2 Å². The SMILES string of the molecule is CCCc1nc2cc(N)ccc2n1Cc1ncc(C)o1. The number of aryl methyl sites for hydroxylation is 2. The molecule has 3 rings (SSSR count). The number of imidazole rings is 1. The number of oxazole rings is 1. The van der Waals surface area contributed by atoms with Gasteiger partial charge in [-0.15, -0.1) is 0 Å². The number of hydrogen-bond acceptors (Lipinski definition) is 4. The van der Waals surface area contributed by atoms with Crippen molar-refractivity contribution in [3.8, 4) is 0 Å². The Labute approximate surface area is 117 Å². The third-order valence-corrected chi connectivity index (χ3v) is 3.29. The maximum Gasteiger partial charge on any atom is 0.214 e. The van der Waals surface area contributed by atoms with E-state index >= 15 is 0 Å². The predicted molar refractivity (Wildman–Crippen MR) is 78.5 cm³/mol. The van der Waals surface area contributed by atoms with Crippen molar-refractivity contribution in [3.63, 3.8) is 0 Å². The van der Waals surface area contributed by atoms with Crippen molar-refractivity contribution < 1.29 is 4.42 Å². The van der Waals surface area contributed by atoms with Crippen LogP contribution in [0.25, 0.3) is 11.0 Å². The van der Waals surface area contributed by atoms with Gasteiger partial charge < -0.3 is 14.7 Å². The zero-order valence-electron chi connectivity index (χ0n) is 11.8. The number of nitrogens with zero attached hydrogens (tertiary/aromatic N) is 3. The largest absolute Gasteiger partial charge is 0.444 e. The average molecular weight is 270 g/mol. The summed E-state index contributed by atoms with van der Waals surface area (Å²) in [6.45, 7) is 4.65. The first kappa shape index (κ1) is 12.7. The normalized spacial score (nSPS) is 11.3. The molecule has 0 radical (unpaired) electrons. The van der Waals surface area contributed by atoms with Gasteiger partial charge in [0.15, 0.2) is 0 Å². The summed E-state index contributed by atoms with van der Waals surface area (Å²) >= 11 is 0.